The smallest absolute Gasteiger partial charge is 0.188 e. The molecule has 2 N–H and O–H groups in total. The second-order valence-electron chi connectivity index (χ2n) is 5.62. The number of nitrogens with zero attached hydrogens (tertiary/aromatic N) is 2. The summed E-state index contributed by atoms with van der Waals surface area (Å²) in [6, 6.07) is 16.8. The van der Waals surface area contributed by atoms with Crippen molar-refractivity contribution in [1.82, 2.24) is 15.3 Å². The molecule has 0 saturated carbocycles. The number of benzene rings is 1. The number of hydrogen-bond donors (Lipinski definition) is 2. The molecule has 1 aliphatic rings. The molecule has 0 spiro atoms. The van der Waals surface area contributed by atoms with E-state index in [9.17, 15) is 0 Å². The zero-order valence-corrected chi connectivity index (χ0v) is 13.5. The zero-order valence-electron chi connectivity index (χ0n) is 12.7. The van der Waals surface area contributed by atoms with Crippen LogP contribution in [-0.4, -0.2) is 16.5 Å². The van der Waals surface area contributed by atoms with Gasteiger partial charge in [0.05, 0.1) is 10.6 Å². The molecule has 116 valence electrons. The van der Waals surface area contributed by atoms with E-state index in [2.05, 4.69) is 39.9 Å². The third-order valence-electron chi connectivity index (χ3n) is 3.99. The molecule has 2 aromatic heterocycles. The second kappa shape index (κ2) is 6.48. The van der Waals surface area contributed by atoms with Gasteiger partial charge in [-0.15, -0.1) is 0 Å². The molecule has 1 fully saturated rings. The van der Waals surface area contributed by atoms with Crippen molar-refractivity contribution < 1.29 is 0 Å². The first-order chi connectivity index (χ1) is 11.4. The van der Waals surface area contributed by atoms with Crippen LogP contribution in [0.2, 0.25) is 0 Å². The molecule has 1 atom stereocenters. The molecule has 5 heteroatoms. The van der Waals surface area contributed by atoms with Crippen molar-refractivity contribution in [1.29, 1.82) is 0 Å². The molecule has 0 amide bonds. The van der Waals surface area contributed by atoms with E-state index in [4.69, 9.17) is 4.98 Å². The average Bonchev–Trinajstić information content (AvgIpc) is 3.28. The number of anilines is 2. The molecule has 1 aliphatic heterocycles. The first-order valence-corrected chi connectivity index (χ1v) is 8.69. The molecular formula is C18H18N4S. The van der Waals surface area contributed by atoms with Crippen molar-refractivity contribution in [2.75, 3.05) is 11.9 Å². The summed E-state index contributed by atoms with van der Waals surface area (Å²) in [6.07, 6.45) is 4.29. The summed E-state index contributed by atoms with van der Waals surface area (Å²) < 4.78 is 0. The highest BCUT2D eigenvalue weighted by atomic mass is 32.1. The first-order valence-electron chi connectivity index (χ1n) is 7.87. The molecule has 1 saturated heterocycles. The maximum Gasteiger partial charge on any atom is 0.188 e. The topological polar surface area (TPSA) is 49.8 Å². The summed E-state index contributed by atoms with van der Waals surface area (Å²) in [5, 5.41) is 7.68. The molecule has 1 aromatic carbocycles. The van der Waals surface area contributed by atoms with E-state index in [1.165, 1.54) is 12.0 Å². The third kappa shape index (κ3) is 3.25. The summed E-state index contributed by atoms with van der Waals surface area (Å²) in [7, 11) is 0. The van der Waals surface area contributed by atoms with Gasteiger partial charge in [0.1, 0.15) is 5.82 Å². The third-order valence-corrected chi connectivity index (χ3v) is 4.95. The normalized spacial score (nSPS) is 17.3. The monoisotopic (exact) mass is 322 g/mol. The Hall–Kier alpha value is -2.24. The van der Waals surface area contributed by atoms with Gasteiger partial charge in [-0.05, 0) is 37.1 Å². The maximum absolute atomic E-state index is 4.73. The number of rotatable bonds is 4. The van der Waals surface area contributed by atoms with Gasteiger partial charge in [-0.2, -0.15) is 0 Å². The van der Waals surface area contributed by atoms with Crippen molar-refractivity contribution in [3.05, 3.63) is 60.4 Å². The summed E-state index contributed by atoms with van der Waals surface area (Å²) in [6.45, 7) is 1.08. The standard InChI is InChI=1S/C18H18N4S/c1-2-6-13(7-3-1)16-12-20-18(23-16)22-17-10-4-8-15(21-17)14-9-5-11-19-14/h1-4,6-8,10,12,14,19H,5,9,11H2,(H,20,21,22). The summed E-state index contributed by atoms with van der Waals surface area (Å²) in [5.74, 6) is 0.852. The lowest BCUT2D eigenvalue weighted by Crippen LogP contribution is -2.14. The summed E-state index contributed by atoms with van der Waals surface area (Å²) in [5.41, 5.74) is 2.29. The van der Waals surface area contributed by atoms with Crippen molar-refractivity contribution >= 4 is 22.3 Å². The lowest BCUT2D eigenvalue weighted by molar-refractivity contribution is 0.629. The molecule has 3 heterocycles. The first kappa shape index (κ1) is 14.4. The van der Waals surface area contributed by atoms with Gasteiger partial charge in [0.25, 0.3) is 0 Å². The molecule has 1 unspecified atom stereocenters. The minimum absolute atomic E-state index is 0.382. The number of hydrogen-bond acceptors (Lipinski definition) is 5. The van der Waals surface area contributed by atoms with E-state index < -0.39 is 0 Å². The van der Waals surface area contributed by atoms with Gasteiger partial charge in [-0.3, -0.25) is 0 Å². The van der Waals surface area contributed by atoms with Crippen LogP contribution in [0.5, 0.6) is 0 Å². The molecule has 4 nitrogen and oxygen atoms in total. The van der Waals surface area contributed by atoms with Crippen molar-refractivity contribution in [3.8, 4) is 10.4 Å². The van der Waals surface area contributed by atoms with Gasteiger partial charge in [0, 0.05) is 12.2 Å². The van der Waals surface area contributed by atoms with Gasteiger partial charge in [0.2, 0.25) is 0 Å². The van der Waals surface area contributed by atoms with Crippen LogP contribution in [0.25, 0.3) is 10.4 Å². The predicted octanol–water partition coefficient (Wildman–Crippen LogP) is 4.37. The average molecular weight is 322 g/mol. The molecule has 4 rings (SSSR count). The van der Waals surface area contributed by atoms with Gasteiger partial charge < -0.3 is 10.6 Å². The van der Waals surface area contributed by atoms with Gasteiger partial charge >= 0.3 is 0 Å². The molecule has 0 bridgehead atoms. The van der Waals surface area contributed by atoms with Crippen LogP contribution in [0.4, 0.5) is 10.9 Å². The number of aromatic nitrogens is 2. The van der Waals surface area contributed by atoms with Gasteiger partial charge in [-0.25, -0.2) is 9.97 Å². The fourth-order valence-corrected chi connectivity index (χ4v) is 3.66. The van der Waals surface area contributed by atoms with Crippen LogP contribution in [-0.2, 0) is 0 Å². The lowest BCUT2D eigenvalue weighted by atomic mass is 10.1. The van der Waals surface area contributed by atoms with Crippen molar-refractivity contribution in [3.63, 3.8) is 0 Å². The Labute approximate surface area is 139 Å². The fourth-order valence-electron chi connectivity index (χ4n) is 2.83. The molecule has 0 radical (unpaired) electrons. The Kier molecular flexibility index (Phi) is 4.05. The summed E-state index contributed by atoms with van der Waals surface area (Å²) >= 11 is 1.64. The van der Waals surface area contributed by atoms with Crippen LogP contribution in [0.1, 0.15) is 24.6 Å². The van der Waals surface area contributed by atoms with E-state index in [-0.39, 0.29) is 0 Å². The van der Waals surface area contributed by atoms with E-state index in [1.807, 2.05) is 30.5 Å². The van der Waals surface area contributed by atoms with Crippen molar-refractivity contribution in [2.45, 2.75) is 18.9 Å². The Bertz CT molecular complexity index is 778. The van der Waals surface area contributed by atoms with Gasteiger partial charge in [0.15, 0.2) is 5.13 Å². The van der Waals surface area contributed by atoms with Crippen molar-refractivity contribution in [2.24, 2.45) is 0 Å². The van der Waals surface area contributed by atoms with Gasteiger partial charge in [-0.1, -0.05) is 47.7 Å². The number of pyridine rings is 1. The Morgan fingerprint density at radius 1 is 1.09 bits per heavy atom. The lowest BCUT2D eigenvalue weighted by Gasteiger charge is -2.11. The molecule has 3 aromatic rings. The minimum Gasteiger partial charge on any atom is -0.316 e. The van der Waals surface area contributed by atoms with Crippen LogP contribution < -0.4 is 10.6 Å². The summed E-state index contributed by atoms with van der Waals surface area (Å²) in [4.78, 5) is 10.3. The maximum atomic E-state index is 4.73. The molecular weight excluding hydrogens is 304 g/mol. The zero-order chi connectivity index (χ0) is 15.5. The van der Waals surface area contributed by atoms with Crippen LogP contribution in [0.3, 0.4) is 0 Å². The van der Waals surface area contributed by atoms with Crippen LogP contribution in [0, 0.1) is 0 Å². The van der Waals surface area contributed by atoms with E-state index >= 15 is 0 Å². The minimum atomic E-state index is 0.382. The predicted molar refractivity (Wildman–Crippen MR) is 95.0 cm³/mol. The van der Waals surface area contributed by atoms with E-state index in [0.29, 0.717) is 6.04 Å². The van der Waals surface area contributed by atoms with E-state index in [1.54, 1.807) is 11.3 Å². The highest BCUT2D eigenvalue weighted by molar-refractivity contribution is 7.18. The quantitative estimate of drug-likeness (QED) is 0.749. The second-order valence-corrected chi connectivity index (χ2v) is 6.65. The fraction of sp³-hybridized carbons (Fsp3) is 0.222. The molecule has 23 heavy (non-hydrogen) atoms. The number of nitrogens with one attached hydrogen (secondary N) is 2. The SMILES string of the molecule is c1ccc(-c2cnc(Nc3cccc(C4CCCN4)n3)s2)cc1. The Morgan fingerprint density at radius 2 is 2.00 bits per heavy atom. The highest BCUT2D eigenvalue weighted by Crippen LogP contribution is 2.30. The Balaban J connectivity index is 1.52. The number of thiazole rings is 1. The van der Waals surface area contributed by atoms with Crippen LogP contribution >= 0.6 is 11.3 Å². The van der Waals surface area contributed by atoms with E-state index in [0.717, 1.165) is 34.5 Å². The molecule has 0 aliphatic carbocycles. The largest absolute Gasteiger partial charge is 0.316 e. The van der Waals surface area contributed by atoms with Crippen LogP contribution in [0.15, 0.2) is 54.7 Å². The Morgan fingerprint density at radius 3 is 2.83 bits per heavy atom. The highest BCUT2D eigenvalue weighted by Gasteiger charge is 2.17.